The minimum atomic E-state index is -0.838. The highest BCUT2D eigenvalue weighted by atomic mass is 19.1. The highest BCUT2D eigenvalue weighted by Gasteiger charge is 2.46. The van der Waals surface area contributed by atoms with Crippen LogP contribution < -0.4 is 14.4 Å². The maximum atomic E-state index is 15.5. The molecule has 2 heterocycles. The van der Waals surface area contributed by atoms with Crippen molar-refractivity contribution in [2.45, 2.75) is 63.2 Å². The molecule has 37 heavy (non-hydrogen) atoms. The number of methoxy groups -OCH3 is 2. The summed E-state index contributed by atoms with van der Waals surface area (Å²) in [5.74, 6) is 2.21. The van der Waals surface area contributed by atoms with Gasteiger partial charge in [0, 0.05) is 11.6 Å². The van der Waals surface area contributed by atoms with Crippen molar-refractivity contribution < 1.29 is 19.0 Å². The number of alkyl halides is 1. The van der Waals surface area contributed by atoms with E-state index >= 15 is 4.39 Å². The Balaban J connectivity index is 1.25. The van der Waals surface area contributed by atoms with Crippen molar-refractivity contribution >= 4 is 5.82 Å². The van der Waals surface area contributed by atoms with Gasteiger partial charge in [0.25, 0.3) is 11.8 Å². The number of halogens is 1. The van der Waals surface area contributed by atoms with Gasteiger partial charge < -0.3 is 19.5 Å². The van der Waals surface area contributed by atoms with E-state index in [0.717, 1.165) is 38.5 Å². The molecule has 194 valence electrons. The summed E-state index contributed by atoms with van der Waals surface area (Å²) in [5, 5.41) is 19.6. The van der Waals surface area contributed by atoms with Gasteiger partial charge in [-0.05, 0) is 56.1 Å². The van der Waals surface area contributed by atoms with Crippen LogP contribution >= 0.6 is 0 Å². The third-order valence-corrected chi connectivity index (χ3v) is 7.96. The molecule has 6 rings (SSSR count). The van der Waals surface area contributed by atoms with Crippen LogP contribution in [-0.2, 0) is 0 Å². The number of phenolic OH excluding ortho intramolecular Hbond substituents is 1. The fourth-order valence-electron chi connectivity index (χ4n) is 6.03. The molecule has 3 fully saturated rings. The quantitative estimate of drug-likeness (QED) is 0.492. The topological polar surface area (TPSA) is 106 Å². The Morgan fingerprint density at radius 3 is 2.51 bits per heavy atom. The monoisotopic (exact) mass is 506 g/mol. The molecule has 1 N–H and O–H groups in total. The molecule has 0 saturated heterocycles. The summed E-state index contributed by atoms with van der Waals surface area (Å²) in [5.41, 5.74) is 1.62. The van der Waals surface area contributed by atoms with Gasteiger partial charge in [0.1, 0.15) is 11.9 Å². The summed E-state index contributed by atoms with van der Waals surface area (Å²) in [4.78, 5) is 15.3. The number of aromatic hydroxyl groups is 1. The van der Waals surface area contributed by atoms with E-state index in [1.807, 2.05) is 0 Å². The average Bonchev–Trinajstić information content (AvgIpc) is 3.77. The third-order valence-electron chi connectivity index (χ3n) is 7.96. The maximum Gasteiger partial charge on any atom is 0.278 e. The number of nitrogens with zero attached hydrogens (tertiary/aromatic N) is 6. The normalized spacial score (nSPS) is 24.9. The molecule has 3 aliphatic carbocycles. The number of fused-ring (bicyclic) bond motifs is 2. The number of rotatable bonds is 7. The Hall–Kier alpha value is -3.56. The zero-order valence-corrected chi connectivity index (χ0v) is 21.0. The van der Waals surface area contributed by atoms with Crippen molar-refractivity contribution in [1.29, 1.82) is 0 Å². The summed E-state index contributed by atoms with van der Waals surface area (Å²) >= 11 is 0. The summed E-state index contributed by atoms with van der Waals surface area (Å²) in [7, 11) is 2.98. The molecule has 2 aromatic heterocycles. The minimum Gasteiger partial charge on any atom is -0.507 e. The lowest BCUT2D eigenvalue weighted by atomic mass is 9.69. The van der Waals surface area contributed by atoms with E-state index < -0.39 is 6.17 Å². The first kappa shape index (κ1) is 23.8. The van der Waals surface area contributed by atoms with Crippen molar-refractivity contribution in [3.8, 4) is 40.2 Å². The highest BCUT2D eigenvalue weighted by Crippen LogP contribution is 2.46. The number of ether oxygens (including phenoxy) is 2. The molecule has 0 aliphatic heterocycles. The van der Waals surface area contributed by atoms with Gasteiger partial charge in [0.15, 0.2) is 11.6 Å². The van der Waals surface area contributed by atoms with Crippen molar-refractivity contribution in [1.82, 2.24) is 25.1 Å². The molecule has 2 bridgehead atoms. The van der Waals surface area contributed by atoms with Gasteiger partial charge in [0.2, 0.25) is 0 Å². The van der Waals surface area contributed by atoms with Gasteiger partial charge in [-0.1, -0.05) is 18.9 Å². The predicted octanol–water partition coefficient (Wildman–Crippen LogP) is 4.60. The van der Waals surface area contributed by atoms with Crippen LogP contribution in [-0.4, -0.2) is 62.7 Å². The number of benzene rings is 1. The predicted molar refractivity (Wildman–Crippen MR) is 135 cm³/mol. The van der Waals surface area contributed by atoms with Crippen molar-refractivity contribution in [2.24, 2.45) is 11.8 Å². The van der Waals surface area contributed by atoms with Gasteiger partial charge in [-0.15, -0.1) is 10.2 Å². The van der Waals surface area contributed by atoms with Crippen molar-refractivity contribution in [3.63, 3.8) is 0 Å². The highest BCUT2D eigenvalue weighted by molar-refractivity contribution is 5.71. The van der Waals surface area contributed by atoms with E-state index in [9.17, 15) is 5.11 Å². The number of aromatic nitrogens is 5. The Morgan fingerprint density at radius 1 is 0.973 bits per heavy atom. The number of hydrogen-bond acceptors (Lipinski definition) is 9. The lowest BCUT2D eigenvalue weighted by Crippen LogP contribution is -2.52. The van der Waals surface area contributed by atoms with E-state index in [4.69, 9.17) is 9.47 Å². The summed E-state index contributed by atoms with van der Waals surface area (Å²) in [6.07, 6.45) is 9.69. The van der Waals surface area contributed by atoms with Gasteiger partial charge >= 0.3 is 0 Å². The zero-order chi connectivity index (χ0) is 25.5. The molecule has 1 aromatic carbocycles. The van der Waals surface area contributed by atoms with Crippen molar-refractivity contribution in [3.05, 3.63) is 30.6 Å². The van der Waals surface area contributed by atoms with Gasteiger partial charge in [-0.2, -0.15) is 0 Å². The molecule has 9 nitrogen and oxygen atoms in total. The molecular weight excluding hydrogens is 475 g/mol. The second-order valence-electron chi connectivity index (χ2n) is 10.3. The second kappa shape index (κ2) is 9.72. The van der Waals surface area contributed by atoms with Crippen LogP contribution in [0.1, 0.15) is 44.9 Å². The van der Waals surface area contributed by atoms with Crippen LogP contribution in [0.25, 0.3) is 22.6 Å². The first-order valence-corrected chi connectivity index (χ1v) is 13.0. The first-order chi connectivity index (χ1) is 18.1. The number of anilines is 1. The number of phenols is 1. The fraction of sp³-hybridized carbons (Fsp3) is 0.519. The Labute approximate surface area is 215 Å². The maximum absolute atomic E-state index is 15.5. The average molecular weight is 507 g/mol. The lowest BCUT2D eigenvalue weighted by molar-refractivity contribution is 0.0631. The summed E-state index contributed by atoms with van der Waals surface area (Å²) in [6.45, 7) is 0. The fourth-order valence-corrected chi connectivity index (χ4v) is 6.03. The lowest BCUT2D eigenvalue weighted by Gasteiger charge is -2.46. The molecule has 3 aromatic rings. The van der Waals surface area contributed by atoms with Crippen molar-refractivity contribution in [2.75, 3.05) is 19.1 Å². The molecule has 0 spiro atoms. The molecule has 0 unspecified atom stereocenters. The molecule has 3 saturated carbocycles. The van der Waals surface area contributed by atoms with E-state index in [-0.39, 0.29) is 29.5 Å². The molecule has 4 atom stereocenters. The van der Waals surface area contributed by atoms with Crippen LogP contribution in [0.5, 0.6) is 17.5 Å². The number of hydrogen-bond donors (Lipinski definition) is 1. The molecule has 0 amide bonds. The van der Waals surface area contributed by atoms with Crippen LogP contribution in [0.2, 0.25) is 0 Å². The second-order valence-corrected chi connectivity index (χ2v) is 10.3. The molecule has 0 radical (unpaired) electrons. The molecule has 10 heteroatoms. The zero-order valence-electron chi connectivity index (χ0n) is 21.0. The first-order valence-electron chi connectivity index (χ1n) is 13.0. The van der Waals surface area contributed by atoms with Gasteiger partial charge in [-0.3, -0.25) is 0 Å². The Bertz CT molecular complexity index is 1270. The smallest absolute Gasteiger partial charge is 0.278 e. The van der Waals surface area contributed by atoms with E-state index in [1.54, 1.807) is 30.6 Å². The van der Waals surface area contributed by atoms with E-state index in [0.29, 0.717) is 40.4 Å². The standard InChI is InChI=1S/C27H31FN6O3/c1-36-26-27(37-2)31-20(13-30-26)16-6-9-19(22(35)12-16)25-29-14-23(32-33-25)34(18-7-8-18)21-11-15-4-3-5-17(10-15)24(21)28/h6,9,12-15,17-18,21,24,35H,3-5,7-8,10-11H2,1-2H3/t15-,17+,21+,24-/m0/s1. The van der Waals surface area contributed by atoms with Crippen LogP contribution in [0.3, 0.4) is 0 Å². The molecular formula is C27H31FN6O3. The Morgan fingerprint density at radius 2 is 1.81 bits per heavy atom. The van der Waals surface area contributed by atoms with Crippen LogP contribution in [0.15, 0.2) is 30.6 Å². The third kappa shape index (κ3) is 4.53. The largest absolute Gasteiger partial charge is 0.507 e. The van der Waals surface area contributed by atoms with E-state index in [2.05, 4.69) is 30.0 Å². The molecule has 3 aliphatic rings. The van der Waals surface area contributed by atoms with Crippen LogP contribution in [0.4, 0.5) is 10.2 Å². The van der Waals surface area contributed by atoms with Gasteiger partial charge in [-0.25, -0.2) is 19.3 Å². The van der Waals surface area contributed by atoms with Gasteiger partial charge in [0.05, 0.1) is 43.9 Å². The Kier molecular flexibility index (Phi) is 6.26. The summed E-state index contributed by atoms with van der Waals surface area (Å²) < 4.78 is 25.9. The SMILES string of the molecule is COc1ncc(-c2ccc(-c3ncc(N(C4CC4)[C@@H]4C[C@H]5CCC[C@H](C5)[C@@H]4F)nn3)c(O)c2)nc1OC. The summed E-state index contributed by atoms with van der Waals surface area (Å²) in [6, 6.07) is 5.24. The van der Waals surface area contributed by atoms with E-state index in [1.165, 1.54) is 20.6 Å². The minimum absolute atomic E-state index is 0.00777. The van der Waals surface area contributed by atoms with Crippen LogP contribution in [0, 0.1) is 11.8 Å².